The van der Waals surface area contributed by atoms with Crippen LogP contribution in [-0.2, 0) is 24.2 Å². The Bertz CT molecular complexity index is 530. The van der Waals surface area contributed by atoms with Crippen LogP contribution in [-0.4, -0.2) is 55.4 Å². The number of amides is 2. The second-order valence-electron chi connectivity index (χ2n) is 6.18. The van der Waals surface area contributed by atoms with Crippen LogP contribution in [0.5, 0.6) is 0 Å². The Kier molecular flexibility index (Phi) is 3.81. The molecule has 3 heterocycles. The van der Waals surface area contributed by atoms with Crippen molar-refractivity contribution in [2.75, 3.05) is 18.1 Å². The molecule has 118 valence electrons. The topological polar surface area (TPSA) is 80.8 Å². The largest absolute Gasteiger partial charge is 0.373 e. The summed E-state index contributed by atoms with van der Waals surface area (Å²) >= 11 is 0. The number of fused-ring (bicyclic) bond motifs is 5. The molecule has 21 heavy (non-hydrogen) atoms. The van der Waals surface area contributed by atoms with Gasteiger partial charge in [0, 0.05) is 6.54 Å². The minimum atomic E-state index is -3.19. The molecule has 0 radical (unpaired) electrons. The number of imide groups is 1. The first-order chi connectivity index (χ1) is 9.94. The smallest absolute Gasteiger partial charge is 0.235 e. The van der Waals surface area contributed by atoms with Gasteiger partial charge in [-0.25, -0.2) is 8.42 Å². The van der Waals surface area contributed by atoms with Crippen LogP contribution in [0.2, 0.25) is 0 Å². The number of carbonyl (C=O) groups excluding carboxylic acids is 2. The van der Waals surface area contributed by atoms with E-state index < -0.39 is 9.84 Å². The van der Waals surface area contributed by atoms with Crippen molar-refractivity contribution in [1.29, 1.82) is 0 Å². The maximum Gasteiger partial charge on any atom is 0.235 e. The second kappa shape index (κ2) is 5.35. The van der Waals surface area contributed by atoms with Gasteiger partial charge in [0.25, 0.3) is 0 Å². The maximum absolute atomic E-state index is 12.3. The number of unbranched alkanes of at least 4 members (excludes halogenated alkanes) is 1. The van der Waals surface area contributed by atoms with Gasteiger partial charge in [0.2, 0.25) is 11.8 Å². The van der Waals surface area contributed by atoms with Gasteiger partial charge in [0.15, 0.2) is 9.84 Å². The minimum absolute atomic E-state index is 0.00382. The highest BCUT2D eigenvalue weighted by molar-refractivity contribution is 7.91. The molecule has 3 fully saturated rings. The molecule has 4 atom stereocenters. The Labute approximate surface area is 124 Å². The van der Waals surface area contributed by atoms with E-state index in [0.717, 1.165) is 24.2 Å². The Hall–Kier alpha value is -0.950. The lowest BCUT2D eigenvalue weighted by Gasteiger charge is -2.17. The van der Waals surface area contributed by atoms with Gasteiger partial charge >= 0.3 is 0 Å². The van der Waals surface area contributed by atoms with Gasteiger partial charge in [0.05, 0.1) is 35.5 Å². The monoisotopic (exact) mass is 315 g/mol. The fraction of sp³-hybridized carbons (Fsp3) is 0.857. The summed E-state index contributed by atoms with van der Waals surface area (Å²) in [6.45, 7) is 1.93. The molecule has 2 bridgehead atoms. The highest BCUT2D eigenvalue weighted by Crippen LogP contribution is 2.48. The molecular weight excluding hydrogens is 294 g/mol. The van der Waals surface area contributed by atoms with E-state index in [1.807, 2.05) is 6.92 Å². The maximum atomic E-state index is 12.3. The predicted octanol–water partition coefficient (Wildman–Crippen LogP) is 0.364. The van der Waals surface area contributed by atoms with Crippen LogP contribution in [0.25, 0.3) is 0 Å². The van der Waals surface area contributed by atoms with Crippen LogP contribution in [0.3, 0.4) is 0 Å². The Balaban J connectivity index is 1.65. The van der Waals surface area contributed by atoms with Crippen molar-refractivity contribution < 1.29 is 22.7 Å². The fourth-order valence-electron chi connectivity index (χ4n) is 3.69. The van der Waals surface area contributed by atoms with E-state index in [9.17, 15) is 18.0 Å². The Morgan fingerprint density at radius 3 is 2.19 bits per heavy atom. The predicted molar refractivity (Wildman–Crippen MR) is 75.2 cm³/mol. The van der Waals surface area contributed by atoms with Crippen LogP contribution in [0.1, 0.15) is 32.6 Å². The number of sulfone groups is 1. The molecule has 3 rings (SSSR count). The average Bonchev–Trinajstić information content (AvgIpc) is 3.10. The molecule has 0 aromatic carbocycles. The van der Waals surface area contributed by atoms with Gasteiger partial charge < -0.3 is 4.74 Å². The molecule has 6 nitrogen and oxygen atoms in total. The third-order valence-corrected chi connectivity index (χ3v) is 6.53. The molecular formula is C14H21NO5S. The zero-order chi connectivity index (χ0) is 15.2. The van der Waals surface area contributed by atoms with Crippen LogP contribution >= 0.6 is 0 Å². The molecule has 0 N–H and O–H groups in total. The number of hydrogen-bond donors (Lipinski definition) is 0. The van der Waals surface area contributed by atoms with Gasteiger partial charge in [-0.2, -0.15) is 0 Å². The van der Waals surface area contributed by atoms with Crippen molar-refractivity contribution in [3.05, 3.63) is 0 Å². The van der Waals surface area contributed by atoms with Crippen molar-refractivity contribution in [2.24, 2.45) is 11.8 Å². The molecule has 3 aliphatic heterocycles. The summed E-state index contributed by atoms with van der Waals surface area (Å²) in [7, 11) is -3.19. The normalized spacial score (nSPS) is 34.8. The third-order valence-electron chi connectivity index (χ3n) is 4.81. The number of likely N-dealkylation sites (tertiary alicyclic amines) is 1. The van der Waals surface area contributed by atoms with Crippen LogP contribution in [0.15, 0.2) is 0 Å². The van der Waals surface area contributed by atoms with Gasteiger partial charge in [-0.15, -0.1) is 0 Å². The molecule has 0 unspecified atom stereocenters. The van der Waals surface area contributed by atoms with E-state index in [1.165, 1.54) is 0 Å². The molecule has 0 spiro atoms. The first-order valence-electron chi connectivity index (χ1n) is 7.65. The van der Waals surface area contributed by atoms with Gasteiger partial charge in [-0.3, -0.25) is 14.5 Å². The number of rotatable bonds is 6. The molecule has 0 saturated carbocycles. The van der Waals surface area contributed by atoms with Crippen molar-refractivity contribution in [1.82, 2.24) is 4.90 Å². The van der Waals surface area contributed by atoms with E-state index in [-0.39, 0.29) is 53.9 Å². The summed E-state index contributed by atoms with van der Waals surface area (Å²) in [6, 6.07) is 0. The van der Waals surface area contributed by atoms with E-state index in [2.05, 4.69) is 0 Å². The lowest BCUT2D eigenvalue weighted by atomic mass is 9.81. The van der Waals surface area contributed by atoms with Crippen LogP contribution in [0, 0.1) is 11.8 Å². The Morgan fingerprint density at radius 2 is 1.67 bits per heavy atom. The van der Waals surface area contributed by atoms with Gasteiger partial charge in [-0.1, -0.05) is 13.3 Å². The zero-order valence-electron chi connectivity index (χ0n) is 12.2. The average molecular weight is 315 g/mol. The molecule has 0 aromatic rings. The van der Waals surface area contributed by atoms with Crippen molar-refractivity contribution in [3.63, 3.8) is 0 Å². The highest BCUT2D eigenvalue weighted by atomic mass is 32.2. The lowest BCUT2D eigenvalue weighted by Crippen LogP contribution is -2.38. The van der Waals surface area contributed by atoms with Crippen molar-refractivity contribution in [2.45, 2.75) is 44.8 Å². The lowest BCUT2D eigenvalue weighted by molar-refractivity contribution is -0.142. The standard InChI is InChI=1S/C14H21NO5S/c1-2-3-7-21(18,19)8-6-15-13(16)11-9-4-5-10(20-9)12(11)14(15)17/h9-12H,2-8H2,1H3/t9-,10+,11-,12+. The highest BCUT2D eigenvalue weighted by Gasteiger charge is 2.62. The molecule has 3 saturated heterocycles. The Morgan fingerprint density at radius 1 is 1.10 bits per heavy atom. The van der Waals surface area contributed by atoms with Gasteiger partial charge in [0.1, 0.15) is 0 Å². The summed E-state index contributed by atoms with van der Waals surface area (Å²) in [4.78, 5) is 25.9. The molecule has 0 aliphatic carbocycles. The fourth-order valence-corrected chi connectivity index (χ4v) is 5.08. The van der Waals surface area contributed by atoms with Crippen molar-refractivity contribution >= 4 is 21.7 Å². The van der Waals surface area contributed by atoms with Crippen LogP contribution in [0.4, 0.5) is 0 Å². The van der Waals surface area contributed by atoms with E-state index in [4.69, 9.17) is 4.74 Å². The first kappa shape index (κ1) is 15.0. The third kappa shape index (κ3) is 2.50. The number of nitrogens with zero attached hydrogens (tertiary/aromatic N) is 1. The van der Waals surface area contributed by atoms with E-state index >= 15 is 0 Å². The first-order valence-corrected chi connectivity index (χ1v) is 9.48. The summed E-state index contributed by atoms with van der Waals surface area (Å²) in [5, 5.41) is 0. The summed E-state index contributed by atoms with van der Waals surface area (Å²) in [6.07, 6.45) is 2.80. The summed E-state index contributed by atoms with van der Waals surface area (Å²) in [5.74, 6) is -1.20. The van der Waals surface area contributed by atoms with Gasteiger partial charge in [-0.05, 0) is 19.3 Å². The van der Waals surface area contributed by atoms with E-state index in [1.54, 1.807) is 0 Å². The summed E-state index contributed by atoms with van der Waals surface area (Å²) < 4.78 is 29.4. The quantitative estimate of drug-likeness (QED) is 0.661. The number of hydrogen-bond acceptors (Lipinski definition) is 5. The van der Waals surface area contributed by atoms with Crippen LogP contribution < -0.4 is 0 Å². The number of carbonyl (C=O) groups is 2. The molecule has 3 aliphatic rings. The molecule has 2 amide bonds. The van der Waals surface area contributed by atoms with E-state index in [0.29, 0.717) is 6.42 Å². The SMILES string of the molecule is CCCCS(=O)(=O)CCN1C(=O)[C@@H]2[C@H](C1=O)[C@H]1CC[C@@H]2O1. The molecule has 0 aromatic heterocycles. The zero-order valence-corrected chi connectivity index (χ0v) is 13.0. The minimum Gasteiger partial charge on any atom is -0.373 e. The second-order valence-corrected chi connectivity index (χ2v) is 8.48. The number of ether oxygens (including phenoxy) is 1. The summed E-state index contributed by atoms with van der Waals surface area (Å²) in [5.41, 5.74) is 0. The van der Waals surface area contributed by atoms with Crippen molar-refractivity contribution in [3.8, 4) is 0 Å². The molecule has 7 heteroatoms.